The molecule has 4 heteroatoms. The van der Waals surface area contributed by atoms with Gasteiger partial charge < -0.3 is 15.3 Å². The van der Waals surface area contributed by atoms with Gasteiger partial charge in [-0.05, 0) is 51.6 Å². The summed E-state index contributed by atoms with van der Waals surface area (Å²) in [7, 11) is 0. The minimum Gasteiger partial charge on any atom is -0.396 e. The number of rotatable bonds is 5. The van der Waals surface area contributed by atoms with E-state index in [-0.39, 0.29) is 12.5 Å². The Hall–Kier alpha value is -0.610. The number of carbonyl (C=O) groups is 1. The first-order valence-electron chi connectivity index (χ1n) is 6.95. The van der Waals surface area contributed by atoms with Gasteiger partial charge >= 0.3 is 0 Å². The summed E-state index contributed by atoms with van der Waals surface area (Å²) in [5.41, 5.74) is 0. The van der Waals surface area contributed by atoms with E-state index in [0.717, 1.165) is 45.3 Å². The van der Waals surface area contributed by atoms with Crippen LogP contribution < -0.4 is 5.32 Å². The molecule has 0 radical (unpaired) electrons. The smallest absolute Gasteiger partial charge is 0.226 e. The maximum Gasteiger partial charge on any atom is 0.226 e. The number of carbonyl (C=O) groups excluding carboxylic acids is 1. The lowest BCUT2D eigenvalue weighted by atomic mass is 9.88. The van der Waals surface area contributed by atoms with Crippen LogP contribution in [0.2, 0.25) is 0 Å². The van der Waals surface area contributed by atoms with Crippen LogP contribution in [0.25, 0.3) is 0 Å². The molecule has 1 amide bonds. The number of aliphatic hydroxyl groups excluding tert-OH is 1. The Balaban J connectivity index is 1.90. The minimum absolute atomic E-state index is 0.183. The molecule has 98 valence electrons. The van der Waals surface area contributed by atoms with Crippen LogP contribution in [-0.4, -0.2) is 48.2 Å². The molecule has 4 nitrogen and oxygen atoms in total. The molecule has 1 aliphatic carbocycles. The summed E-state index contributed by atoms with van der Waals surface area (Å²) in [4.78, 5) is 14.5. The first kappa shape index (κ1) is 12.8. The van der Waals surface area contributed by atoms with Crippen molar-refractivity contribution in [3.05, 3.63) is 0 Å². The van der Waals surface area contributed by atoms with Crippen molar-refractivity contribution in [3.63, 3.8) is 0 Å². The second-order valence-corrected chi connectivity index (χ2v) is 5.22. The lowest BCUT2D eigenvalue weighted by molar-refractivity contribution is -0.140. The highest BCUT2D eigenvalue weighted by Crippen LogP contribution is 2.27. The first-order valence-corrected chi connectivity index (χ1v) is 6.95. The van der Waals surface area contributed by atoms with Crippen LogP contribution in [0, 0.1) is 5.92 Å². The molecule has 2 aliphatic rings. The number of aliphatic hydroxyl groups is 1. The van der Waals surface area contributed by atoms with Crippen molar-refractivity contribution in [3.8, 4) is 0 Å². The number of nitrogens with zero attached hydrogens (tertiary/aromatic N) is 1. The molecule has 0 bridgehead atoms. The lowest BCUT2D eigenvalue weighted by Gasteiger charge is -2.40. The van der Waals surface area contributed by atoms with Gasteiger partial charge in [-0.3, -0.25) is 4.79 Å². The zero-order valence-corrected chi connectivity index (χ0v) is 10.5. The Labute approximate surface area is 103 Å². The van der Waals surface area contributed by atoms with Crippen LogP contribution in [0.4, 0.5) is 0 Å². The molecule has 1 saturated heterocycles. The van der Waals surface area contributed by atoms with Crippen molar-refractivity contribution in [2.75, 3.05) is 26.2 Å². The van der Waals surface area contributed by atoms with Gasteiger partial charge in [0.05, 0.1) is 0 Å². The Kier molecular flexibility index (Phi) is 4.80. The molecular formula is C13H24N2O2. The molecule has 0 aromatic heterocycles. The van der Waals surface area contributed by atoms with E-state index in [0.29, 0.717) is 18.4 Å². The summed E-state index contributed by atoms with van der Waals surface area (Å²) in [6.45, 7) is 2.86. The fraction of sp³-hybridized carbons (Fsp3) is 0.923. The van der Waals surface area contributed by atoms with Gasteiger partial charge in [0.1, 0.15) is 0 Å². The summed E-state index contributed by atoms with van der Waals surface area (Å²) < 4.78 is 0. The third-order valence-corrected chi connectivity index (χ3v) is 4.04. The molecule has 2 N–H and O–H groups in total. The SMILES string of the molecule is O=C(C1CCNCC1)N(CCCO)C1CCC1. The first-order chi connectivity index (χ1) is 8.33. The third kappa shape index (κ3) is 3.19. The standard InChI is InChI=1S/C13H24N2O2/c16-10-2-9-15(12-3-1-4-12)13(17)11-5-7-14-8-6-11/h11-12,14,16H,1-10H2. The van der Waals surface area contributed by atoms with Crippen LogP contribution in [0.1, 0.15) is 38.5 Å². The Bertz CT molecular complexity index is 248. The molecule has 2 fully saturated rings. The average molecular weight is 240 g/mol. The Morgan fingerprint density at radius 3 is 2.47 bits per heavy atom. The molecule has 17 heavy (non-hydrogen) atoms. The van der Waals surface area contributed by atoms with Gasteiger partial charge in [0.2, 0.25) is 5.91 Å². The summed E-state index contributed by atoms with van der Waals surface area (Å²) in [6, 6.07) is 0.462. The van der Waals surface area contributed by atoms with E-state index in [4.69, 9.17) is 5.11 Å². The number of hydrogen-bond acceptors (Lipinski definition) is 3. The van der Waals surface area contributed by atoms with Gasteiger partial charge in [-0.15, -0.1) is 0 Å². The predicted octanol–water partition coefficient (Wildman–Crippen LogP) is 0.749. The fourth-order valence-electron chi connectivity index (χ4n) is 2.72. The second-order valence-electron chi connectivity index (χ2n) is 5.22. The van der Waals surface area contributed by atoms with Crippen molar-refractivity contribution >= 4 is 5.91 Å². The van der Waals surface area contributed by atoms with Crippen LogP contribution in [-0.2, 0) is 4.79 Å². The van der Waals surface area contributed by atoms with Crippen molar-refractivity contribution in [1.29, 1.82) is 0 Å². The van der Waals surface area contributed by atoms with Gasteiger partial charge in [-0.25, -0.2) is 0 Å². The van der Waals surface area contributed by atoms with Gasteiger partial charge in [-0.2, -0.15) is 0 Å². The van der Waals surface area contributed by atoms with Gasteiger partial charge in [0.25, 0.3) is 0 Å². The average Bonchev–Trinajstić information content (AvgIpc) is 2.32. The van der Waals surface area contributed by atoms with Crippen molar-refractivity contribution in [2.24, 2.45) is 5.92 Å². The summed E-state index contributed by atoms with van der Waals surface area (Å²) in [5, 5.41) is 12.2. The Morgan fingerprint density at radius 1 is 1.24 bits per heavy atom. The zero-order chi connectivity index (χ0) is 12.1. The number of hydrogen-bond donors (Lipinski definition) is 2. The summed E-state index contributed by atoms with van der Waals surface area (Å²) in [5.74, 6) is 0.556. The van der Waals surface area contributed by atoms with E-state index in [1.807, 2.05) is 0 Å². The van der Waals surface area contributed by atoms with E-state index >= 15 is 0 Å². The minimum atomic E-state index is 0.183. The predicted molar refractivity (Wildman–Crippen MR) is 66.6 cm³/mol. The molecule has 0 atom stereocenters. The monoisotopic (exact) mass is 240 g/mol. The van der Waals surface area contributed by atoms with E-state index in [9.17, 15) is 4.79 Å². The number of piperidine rings is 1. The van der Waals surface area contributed by atoms with Crippen molar-refractivity contribution in [2.45, 2.75) is 44.6 Å². The molecular weight excluding hydrogens is 216 g/mol. The van der Waals surface area contributed by atoms with E-state index in [1.54, 1.807) is 0 Å². The maximum absolute atomic E-state index is 12.5. The van der Waals surface area contributed by atoms with Crippen LogP contribution in [0.5, 0.6) is 0 Å². The highest BCUT2D eigenvalue weighted by atomic mass is 16.3. The molecule has 1 saturated carbocycles. The topological polar surface area (TPSA) is 52.6 Å². The van der Waals surface area contributed by atoms with E-state index in [2.05, 4.69) is 10.2 Å². The summed E-state index contributed by atoms with van der Waals surface area (Å²) >= 11 is 0. The molecule has 0 aromatic carbocycles. The third-order valence-electron chi connectivity index (χ3n) is 4.04. The van der Waals surface area contributed by atoms with Gasteiger partial charge in [0.15, 0.2) is 0 Å². The highest BCUT2D eigenvalue weighted by molar-refractivity contribution is 5.79. The van der Waals surface area contributed by atoms with Crippen LogP contribution in [0.15, 0.2) is 0 Å². The van der Waals surface area contributed by atoms with Crippen molar-refractivity contribution < 1.29 is 9.90 Å². The number of nitrogens with one attached hydrogen (secondary N) is 1. The largest absolute Gasteiger partial charge is 0.396 e. The van der Waals surface area contributed by atoms with E-state index in [1.165, 1.54) is 6.42 Å². The Morgan fingerprint density at radius 2 is 1.94 bits per heavy atom. The molecule has 0 unspecified atom stereocenters. The lowest BCUT2D eigenvalue weighted by Crippen LogP contribution is -2.49. The van der Waals surface area contributed by atoms with Crippen LogP contribution >= 0.6 is 0 Å². The fourth-order valence-corrected chi connectivity index (χ4v) is 2.72. The molecule has 0 aromatic rings. The molecule has 2 rings (SSSR count). The zero-order valence-electron chi connectivity index (χ0n) is 10.5. The van der Waals surface area contributed by atoms with Crippen molar-refractivity contribution in [1.82, 2.24) is 10.2 Å². The summed E-state index contributed by atoms with van der Waals surface area (Å²) in [6.07, 6.45) is 6.22. The molecule has 1 heterocycles. The van der Waals surface area contributed by atoms with Gasteiger partial charge in [-0.1, -0.05) is 0 Å². The molecule has 0 spiro atoms. The van der Waals surface area contributed by atoms with E-state index < -0.39 is 0 Å². The van der Waals surface area contributed by atoms with Gasteiger partial charge in [0, 0.05) is 25.1 Å². The maximum atomic E-state index is 12.5. The number of amides is 1. The highest BCUT2D eigenvalue weighted by Gasteiger charge is 2.32. The van der Waals surface area contributed by atoms with Crippen LogP contribution in [0.3, 0.4) is 0 Å². The normalized spacial score (nSPS) is 22.2. The molecule has 1 aliphatic heterocycles. The quantitative estimate of drug-likeness (QED) is 0.745. The second kappa shape index (κ2) is 6.36.